The summed E-state index contributed by atoms with van der Waals surface area (Å²) in [6.45, 7) is 4.27. The van der Waals surface area contributed by atoms with Crippen molar-refractivity contribution in [2.45, 2.75) is 0 Å². The van der Waals surface area contributed by atoms with Crippen LogP contribution < -0.4 is 10.6 Å². The topological polar surface area (TPSA) is 49.8 Å². The largest absolute Gasteiger partial charge is 0.366 e. The van der Waals surface area contributed by atoms with Gasteiger partial charge in [0.25, 0.3) is 0 Å². The van der Waals surface area contributed by atoms with Gasteiger partial charge in [-0.1, -0.05) is 29.3 Å². The summed E-state index contributed by atoms with van der Waals surface area (Å²) in [5.41, 5.74) is 0.769. The Balaban J connectivity index is 2.15. The van der Waals surface area contributed by atoms with Crippen LogP contribution >= 0.6 is 23.2 Å². The molecule has 2 aromatic rings. The number of benzene rings is 1. The van der Waals surface area contributed by atoms with Gasteiger partial charge in [0.15, 0.2) is 0 Å². The number of aromatic nitrogens is 2. The van der Waals surface area contributed by atoms with E-state index in [-0.39, 0.29) is 0 Å². The lowest BCUT2D eigenvalue weighted by atomic mass is 10.3. The maximum Gasteiger partial charge on any atom is 0.135 e. The van der Waals surface area contributed by atoms with Crippen molar-refractivity contribution in [1.82, 2.24) is 9.97 Å². The van der Waals surface area contributed by atoms with E-state index in [1.165, 1.54) is 6.33 Å². The van der Waals surface area contributed by atoms with E-state index < -0.39 is 0 Å². The van der Waals surface area contributed by atoms with Crippen LogP contribution in [0.4, 0.5) is 17.3 Å². The van der Waals surface area contributed by atoms with E-state index >= 15 is 0 Å². The van der Waals surface area contributed by atoms with Crippen molar-refractivity contribution in [2.75, 3.05) is 17.2 Å². The molecule has 0 bridgehead atoms. The molecule has 1 aromatic heterocycles. The Morgan fingerprint density at radius 1 is 1.05 bits per heavy atom. The van der Waals surface area contributed by atoms with Gasteiger partial charge in [-0.15, -0.1) is 6.58 Å². The molecule has 0 amide bonds. The number of halogens is 2. The van der Waals surface area contributed by atoms with Crippen LogP contribution in [0.2, 0.25) is 10.0 Å². The van der Waals surface area contributed by atoms with E-state index in [0.29, 0.717) is 28.2 Å². The summed E-state index contributed by atoms with van der Waals surface area (Å²) in [6.07, 6.45) is 3.23. The molecule has 0 aliphatic rings. The van der Waals surface area contributed by atoms with Crippen molar-refractivity contribution in [3.05, 3.63) is 53.3 Å². The van der Waals surface area contributed by atoms with Crippen LogP contribution in [-0.2, 0) is 0 Å². The van der Waals surface area contributed by atoms with Crippen LogP contribution in [0.1, 0.15) is 0 Å². The maximum atomic E-state index is 5.94. The van der Waals surface area contributed by atoms with E-state index in [2.05, 4.69) is 27.2 Å². The lowest BCUT2D eigenvalue weighted by Gasteiger charge is -2.08. The molecule has 0 saturated carbocycles. The zero-order chi connectivity index (χ0) is 13.7. The summed E-state index contributed by atoms with van der Waals surface area (Å²) < 4.78 is 0. The van der Waals surface area contributed by atoms with Crippen molar-refractivity contribution >= 4 is 40.5 Å². The van der Waals surface area contributed by atoms with Crippen molar-refractivity contribution in [2.24, 2.45) is 0 Å². The molecule has 6 heteroatoms. The molecule has 2 rings (SSSR count). The minimum absolute atomic E-state index is 0.564. The fourth-order valence-corrected chi connectivity index (χ4v) is 2.00. The molecule has 1 aromatic carbocycles. The molecule has 19 heavy (non-hydrogen) atoms. The fourth-order valence-electron chi connectivity index (χ4n) is 1.47. The summed E-state index contributed by atoms with van der Waals surface area (Å²) in [5.74, 6) is 1.37. The molecule has 0 aliphatic carbocycles. The Hall–Kier alpha value is -1.78. The van der Waals surface area contributed by atoms with Crippen LogP contribution in [-0.4, -0.2) is 16.5 Å². The van der Waals surface area contributed by atoms with Crippen molar-refractivity contribution in [3.8, 4) is 0 Å². The Kier molecular flexibility index (Phi) is 4.60. The lowest BCUT2D eigenvalue weighted by Crippen LogP contribution is -2.02. The minimum Gasteiger partial charge on any atom is -0.366 e. The molecule has 0 saturated heterocycles. The van der Waals surface area contributed by atoms with Gasteiger partial charge in [0.1, 0.15) is 18.0 Å². The first-order chi connectivity index (χ1) is 9.17. The van der Waals surface area contributed by atoms with E-state index in [1.54, 1.807) is 30.3 Å². The SMILES string of the molecule is C=CCNc1cc(Nc2cc(Cl)cc(Cl)c2)ncn1. The molecular weight excluding hydrogens is 283 g/mol. The van der Waals surface area contributed by atoms with Crippen molar-refractivity contribution < 1.29 is 0 Å². The van der Waals surface area contributed by atoms with Crippen molar-refractivity contribution in [3.63, 3.8) is 0 Å². The monoisotopic (exact) mass is 294 g/mol. The molecule has 0 aliphatic heterocycles. The van der Waals surface area contributed by atoms with Gasteiger partial charge in [-0.25, -0.2) is 9.97 Å². The molecule has 0 spiro atoms. The molecule has 0 fully saturated rings. The van der Waals surface area contributed by atoms with Crippen LogP contribution in [0.15, 0.2) is 43.2 Å². The summed E-state index contributed by atoms with van der Waals surface area (Å²) in [5, 5.41) is 7.33. The highest BCUT2D eigenvalue weighted by atomic mass is 35.5. The van der Waals surface area contributed by atoms with Crippen LogP contribution in [0.25, 0.3) is 0 Å². The number of hydrogen-bond donors (Lipinski definition) is 2. The third-order valence-corrected chi connectivity index (χ3v) is 2.67. The van der Waals surface area contributed by atoms with Crippen LogP contribution in [0.5, 0.6) is 0 Å². The fraction of sp³-hybridized carbons (Fsp3) is 0.0769. The quantitative estimate of drug-likeness (QED) is 0.814. The second kappa shape index (κ2) is 6.41. The predicted octanol–water partition coefficient (Wildman–Crippen LogP) is 4.12. The Morgan fingerprint density at radius 3 is 2.42 bits per heavy atom. The lowest BCUT2D eigenvalue weighted by molar-refractivity contribution is 1.14. The highest BCUT2D eigenvalue weighted by Crippen LogP contribution is 2.24. The maximum absolute atomic E-state index is 5.94. The molecule has 0 unspecified atom stereocenters. The Bertz CT molecular complexity index is 566. The van der Waals surface area contributed by atoms with E-state index in [9.17, 15) is 0 Å². The van der Waals surface area contributed by atoms with Crippen LogP contribution in [0.3, 0.4) is 0 Å². The third kappa shape index (κ3) is 4.12. The summed E-state index contributed by atoms with van der Waals surface area (Å²) >= 11 is 11.9. The number of anilines is 3. The van der Waals surface area contributed by atoms with Gasteiger partial charge in [-0.2, -0.15) is 0 Å². The highest BCUT2D eigenvalue weighted by Gasteiger charge is 2.01. The average molecular weight is 295 g/mol. The average Bonchev–Trinajstić information content (AvgIpc) is 2.35. The Labute approximate surface area is 121 Å². The molecule has 2 N–H and O–H groups in total. The highest BCUT2D eigenvalue weighted by molar-refractivity contribution is 6.35. The van der Waals surface area contributed by atoms with E-state index in [1.807, 2.05) is 0 Å². The summed E-state index contributed by atoms with van der Waals surface area (Å²) in [6, 6.07) is 7.00. The standard InChI is InChI=1S/C13H12Cl2N4/c1-2-3-16-12-7-13(18-8-17-12)19-11-5-9(14)4-10(15)6-11/h2,4-8H,1,3H2,(H2,16,17,18,19). The van der Waals surface area contributed by atoms with Crippen LogP contribution in [0, 0.1) is 0 Å². The molecule has 0 radical (unpaired) electrons. The summed E-state index contributed by atoms with van der Waals surface area (Å²) in [7, 11) is 0. The smallest absolute Gasteiger partial charge is 0.135 e. The molecule has 0 atom stereocenters. The number of nitrogens with one attached hydrogen (secondary N) is 2. The molecule has 98 valence electrons. The normalized spacial score (nSPS) is 10.0. The van der Waals surface area contributed by atoms with Gasteiger partial charge in [-0.3, -0.25) is 0 Å². The number of nitrogens with zero attached hydrogens (tertiary/aromatic N) is 2. The second-order valence-electron chi connectivity index (χ2n) is 3.74. The zero-order valence-electron chi connectivity index (χ0n) is 10.0. The zero-order valence-corrected chi connectivity index (χ0v) is 11.5. The number of rotatable bonds is 5. The van der Waals surface area contributed by atoms with Gasteiger partial charge in [0.2, 0.25) is 0 Å². The third-order valence-electron chi connectivity index (χ3n) is 2.23. The predicted molar refractivity (Wildman–Crippen MR) is 80.5 cm³/mol. The minimum atomic E-state index is 0.564. The van der Waals surface area contributed by atoms with Gasteiger partial charge in [-0.05, 0) is 18.2 Å². The first-order valence-corrected chi connectivity index (χ1v) is 6.33. The number of hydrogen-bond acceptors (Lipinski definition) is 4. The van der Waals surface area contributed by atoms with Gasteiger partial charge < -0.3 is 10.6 Å². The second-order valence-corrected chi connectivity index (χ2v) is 4.61. The first kappa shape index (κ1) is 13.6. The molecule has 4 nitrogen and oxygen atoms in total. The van der Waals surface area contributed by atoms with Gasteiger partial charge in [0, 0.05) is 28.3 Å². The molecule has 1 heterocycles. The summed E-state index contributed by atoms with van der Waals surface area (Å²) in [4.78, 5) is 8.22. The van der Waals surface area contributed by atoms with Gasteiger partial charge in [0.05, 0.1) is 0 Å². The van der Waals surface area contributed by atoms with E-state index in [0.717, 1.165) is 5.69 Å². The van der Waals surface area contributed by atoms with E-state index in [4.69, 9.17) is 23.2 Å². The van der Waals surface area contributed by atoms with Crippen molar-refractivity contribution in [1.29, 1.82) is 0 Å². The van der Waals surface area contributed by atoms with Gasteiger partial charge >= 0.3 is 0 Å². The molecular formula is C13H12Cl2N4. The Morgan fingerprint density at radius 2 is 1.74 bits per heavy atom. The first-order valence-electron chi connectivity index (χ1n) is 5.57.